The first-order valence-corrected chi connectivity index (χ1v) is 8.27. The number of rotatable bonds is 8. The molecule has 102 valence electrons. The van der Waals surface area contributed by atoms with Gasteiger partial charge in [-0.3, -0.25) is 0 Å². The zero-order chi connectivity index (χ0) is 13.4. The molecule has 0 heterocycles. The molecule has 4 nitrogen and oxygen atoms in total. The Balaban J connectivity index is 2.31. The van der Waals surface area contributed by atoms with Gasteiger partial charge in [-0.15, -0.1) is 0 Å². The van der Waals surface area contributed by atoms with E-state index in [2.05, 4.69) is 0 Å². The molecule has 18 heavy (non-hydrogen) atoms. The molecule has 0 aliphatic carbocycles. The average molecular weight is 293 g/mol. The van der Waals surface area contributed by atoms with Crippen LogP contribution in [0.25, 0.3) is 0 Å². The Hall–Kier alpha value is -0.940. The average Bonchev–Trinajstić information content (AvgIpc) is 2.32. The Morgan fingerprint density at radius 3 is 2.00 bits per heavy atom. The lowest BCUT2D eigenvalue weighted by Crippen LogP contribution is -2.04. The van der Waals surface area contributed by atoms with Crippen molar-refractivity contribution in [1.82, 2.24) is 0 Å². The van der Waals surface area contributed by atoms with Gasteiger partial charge >= 0.3 is 0 Å². The van der Waals surface area contributed by atoms with Crippen molar-refractivity contribution >= 4 is 19.7 Å². The van der Waals surface area contributed by atoms with Crippen molar-refractivity contribution in [2.45, 2.75) is 19.8 Å². The minimum Gasteiger partial charge on any atom is -0.494 e. The zero-order valence-corrected chi connectivity index (χ0v) is 11.8. The first-order chi connectivity index (χ1) is 8.51. The summed E-state index contributed by atoms with van der Waals surface area (Å²) in [6, 6.07) is 7.23. The van der Waals surface area contributed by atoms with E-state index in [0.29, 0.717) is 25.4 Å². The van der Waals surface area contributed by atoms with Crippen LogP contribution in [0, 0.1) is 0 Å². The SMILES string of the molecule is CCCOc1ccc(OCCCS(=O)(=O)Cl)cc1. The molecule has 0 saturated carbocycles. The standard InChI is InChI=1S/C12H17ClO4S/c1-2-8-16-11-4-6-12(7-5-11)17-9-3-10-18(13,14)15/h4-7H,2-3,8-10H2,1H3. The second-order valence-corrected chi connectivity index (χ2v) is 6.66. The van der Waals surface area contributed by atoms with Gasteiger partial charge in [-0.25, -0.2) is 8.42 Å². The summed E-state index contributed by atoms with van der Waals surface area (Å²) in [6.07, 6.45) is 1.34. The van der Waals surface area contributed by atoms with E-state index in [0.717, 1.165) is 12.2 Å². The Morgan fingerprint density at radius 1 is 1.06 bits per heavy atom. The first kappa shape index (κ1) is 15.1. The highest BCUT2D eigenvalue weighted by atomic mass is 35.7. The van der Waals surface area contributed by atoms with E-state index in [1.54, 1.807) is 12.1 Å². The summed E-state index contributed by atoms with van der Waals surface area (Å²) in [5.41, 5.74) is 0. The highest BCUT2D eigenvalue weighted by molar-refractivity contribution is 8.13. The van der Waals surface area contributed by atoms with Crippen molar-refractivity contribution in [2.24, 2.45) is 0 Å². The van der Waals surface area contributed by atoms with Gasteiger partial charge in [0.1, 0.15) is 11.5 Å². The molecule has 0 unspecified atom stereocenters. The molecule has 0 fully saturated rings. The normalized spacial score (nSPS) is 11.2. The van der Waals surface area contributed by atoms with Gasteiger partial charge in [0.2, 0.25) is 9.05 Å². The number of benzene rings is 1. The molecule has 6 heteroatoms. The van der Waals surface area contributed by atoms with Crippen molar-refractivity contribution < 1.29 is 17.9 Å². The lowest BCUT2D eigenvalue weighted by molar-refractivity contribution is 0.309. The van der Waals surface area contributed by atoms with Crippen LogP contribution in [0.15, 0.2) is 24.3 Å². The van der Waals surface area contributed by atoms with Crippen molar-refractivity contribution in [3.63, 3.8) is 0 Å². The van der Waals surface area contributed by atoms with Crippen LogP contribution in [-0.4, -0.2) is 27.4 Å². The molecular formula is C12H17ClO4S. The van der Waals surface area contributed by atoms with Gasteiger partial charge in [-0.05, 0) is 37.1 Å². The van der Waals surface area contributed by atoms with Crippen LogP contribution in [0.5, 0.6) is 11.5 Å². The second kappa shape index (κ2) is 7.48. The van der Waals surface area contributed by atoms with E-state index < -0.39 is 9.05 Å². The quantitative estimate of drug-likeness (QED) is 0.546. The maximum Gasteiger partial charge on any atom is 0.232 e. The smallest absolute Gasteiger partial charge is 0.232 e. The third-order valence-electron chi connectivity index (χ3n) is 2.10. The molecule has 0 bridgehead atoms. The summed E-state index contributed by atoms with van der Waals surface area (Å²) >= 11 is 0. The molecule has 0 aromatic heterocycles. The molecular weight excluding hydrogens is 276 g/mol. The molecule has 0 saturated heterocycles. The predicted molar refractivity (Wildman–Crippen MR) is 72.0 cm³/mol. The van der Waals surface area contributed by atoms with Gasteiger partial charge in [-0.2, -0.15) is 0 Å². The summed E-state index contributed by atoms with van der Waals surface area (Å²) in [6.45, 7) is 3.05. The number of hydrogen-bond donors (Lipinski definition) is 0. The largest absolute Gasteiger partial charge is 0.494 e. The third-order valence-corrected chi connectivity index (χ3v) is 3.34. The molecule has 0 radical (unpaired) electrons. The highest BCUT2D eigenvalue weighted by Gasteiger charge is 2.04. The predicted octanol–water partition coefficient (Wildman–Crippen LogP) is 2.81. The van der Waals surface area contributed by atoms with Gasteiger partial charge in [-0.1, -0.05) is 6.92 Å². The minimum atomic E-state index is -3.42. The van der Waals surface area contributed by atoms with E-state index >= 15 is 0 Å². The molecule has 0 amide bonds. The van der Waals surface area contributed by atoms with Gasteiger partial charge in [0, 0.05) is 10.7 Å². The molecule has 0 aliphatic rings. The van der Waals surface area contributed by atoms with Crippen molar-refractivity contribution in [3.05, 3.63) is 24.3 Å². The molecule has 1 aromatic carbocycles. The first-order valence-electron chi connectivity index (χ1n) is 5.79. The van der Waals surface area contributed by atoms with Crippen LogP contribution in [0.3, 0.4) is 0 Å². The molecule has 0 N–H and O–H groups in total. The van der Waals surface area contributed by atoms with Crippen LogP contribution in [0.1, 0.15) is 19.8 Å². The maximum absolute atomic E-state index is 10.7. The number of ether oxygens (including phenoxy) is 2. The zero-order valence-electron chi connectivity index (χ0n) is 10.3. The number of halogens is 1. The summed E-state index contributed by atoms with van der Waals surface area (Å²) in [5.74, 6) is 1.41. The van der Waals surface area contributed by atoms with Gasteiger partial charge in [0.15, 0.2) is 0 Å². The molecule has 0 atom stereocenters. The Labute approximate surface area is 112 Å². The molecule has 1 rings (SSSR count). The molecule has 0 aliphatic heterocycles. The van der Waals surface area contributed by atoms with Gasteiger partial charge in [0.25, 0.3) is 0 Å². The fourth-order valence-corrected chi connectivity index (χ4v) is 2.06. The number of hydrogen-bond acceptors (Lipinski definition) is 4. The third kappa shape index (κ3) is 6.71. The summed E-state index contributed by atoms with van der Waals surface area (Å²) < 4.78 is 32.2. The Morgan fingerprint density at radius 2 is 1.56 bits per heavy atom. The molecule has 1 aromatic rings. The van der Waals surface area contributed by atoms with Crippen LogP contribution < -0.4 is 9.47 Å². The minimum absolute atomic E-state index is 0.0771. The fraction of sp³-hybridized carbons (Fsp3) is 0.500. The van der Waals surface area contributed by atoms with Gasteiger partial charge in [0.05, 0.1) is 19.0 Å². The lowest BCUT2D eigenvalue weighted by Gasteiger charge is -2.07. The summed E-state index contributed by atoms with van der Waals surface area (Å²) in [7, 11) is 1.66. The van der Waals surface area contributed by atoms with Crippen LogP contribution >= 0.6 is 10.7 Å². The summed E-state index contributed by atoms with van der Waals surface area (Å²) in [4.78, 5) is 0. The Kier molecular flexibility index (Phi) is 6.29. The van der Waals surface area contributed by atoms with E-state index in [1.807, 2.05) is 19.1 Å². The van der Waals surface area contributed by atoms with Crippen molar-refractivity contribution in [3.8, 4) is 11.5 Å². The Bertz CT molecular complexity index is 442. The second-order valence-electron chi connectivity index (χ2n) is 3.76. The van der Waals surface area contributed by atoms with E-state index in [4.69, 9.17) is 20.2 Å². The summed E-state index contributed by atoms with van der Waals surface area (Å²) in [5, 5.41) is 0. The van der Waals surface area contributed by atoms with Crippen molar-refractivity contribution in [2.75, 3.05) is 19.0 Å². The maximum atomic E-state index is 10.7. The molecule has 0 spiro atoms. The highest BCUT2D eigenvalue weighted by Crippen LogP contribution is 2.17. The van der Waals surface area contributed by atoms with Crippen LogP contribution in [0.2, 0.25) is 0 Å². The van der Waals surface area contributed by atoms with Gasteiger partial charge < -0.3 is 9.47 Å². The van der Waals surface area contributed by atoms with E-state index in [-0.39, 0.29) is 5.75 Å². The topological polar surface area (TPSA) is 52.6 Å². The van der Waals surface area contributed by atoms with Crippen LogP contribution in [0.4, 0.5) is 0 Å². The fourth-order valence-electron chi connectivity index (χ4n) is 1.27. The lowest BCUT2D eigenvalue weighted by atomic mass is 10.3. The monoisotopic (exact) mass is 292 g/mol. The van der Waals surface area contributed by atoms with E-state index in [9.17, 15) is 8.42 Å². The van der Waals surface area contributed by atoms with E-state index in [1.165, 1.54) is 0 Å². The van der Waals surface area contributed by atoms with Crippen LogP contribution in [-0.2, 0) is 9.05 Å². The van der Waals surface area contributed by atoms with Crippen molar-refractivity contribution in [1.29, 1.82) is 0 Å².